The number of alkyl halides is 1. The Morgan fingerprint density at radius 2 is 2.38 bits per heavy atom. The minimum absolute atomic E-state index is 0.00581. The summed E-state index contributed by atoms with van der Waals surface area (Å²) in [7, 11) is 0. The molecule has 1 aromatic rings. The van der Waals surface area contributed by atoms with Crippen LogP contribution >= 0.6 is 11.6 Å². The lowest BCUT2D eigenvalue weighted by Gasteiger charge is -2.40. The lowest BCUT2D eigenvalue weighted by atomic mass is 9.91. The van der Waals surface area contributed by atoms with E-state index in [1.54, 1.807) is 6.20 Å². The van der Waals surface area contributed by atoms with Crippen molar-refractivity contribution in [3.8, 4) is 5.75 Å². The highest BCUT2D eigenvalue weighted by atomic mass is 35.5. The molecule has 1 aliphatic rings. The lowest BCUT2D eigenvalue weighted by Crippen LogP contribution is -2.52. The van der Waals surface area contributed by atoms with E-state index >= 15 is 0 Å². The molecule has 0 N–H and O–H groups in total. The van der Waals surface area contributed by atoms with E-state index in [1.807, 2.05) is 26.0 Å². The minimum atomic E-state index is 0.00581. The van der Waals surface area contributed by atoms with Gasteiger partial charge in [0.2, 0.25) is 0 Å². The van der Waals surface area contributed by atoms with E-state index < -0.39 is 0 Å². The molecule has 1 aromatic heterocycles. The molecule has 3 unspecified atom stereocenters. The number of hydrogen-bond donors (Lipinski definition) is 0. The van der Waals surface area contributed by atoms with Gasteiger partial charge in [0, 0.05) is 19.2 Å². The van der Waals surface area contributed by atoms with Crippen LogP contribution in [0.4, 0.5) is 0 Å². The molecule has 4 heteroatoms. The van der Waals surface area contributed by atoms with Crippen LogP contribution in [0.5, 0.6) is 5.75 Å². The Balaban J connectivity index is 1.98. The maximum absolute atomic E-state index is 6.07. The fourth-order valence-corrected chi connectivity index (χ4v) is 2.21. The number of hydrogen-bond acceptors (Lipinski definition) is 3. The SMILES string of the molecule is CCOC1C(Cl)CC1Oc1cccnc1C. The normalized spacial score (nSPS) is 28.6. The van der Waals surface area contributed by atoms with Crippen LogP contribution in [0.15, 0.2) is 18.3 Å². The third-order valence-electron chi connectivity index (χ3n) is 2.78. The predicted molar refractivity (Wildman–Crippen MR) is 63.1 cm³/mol. The van der Waals surface area contributed by atoms with Gasteiger partial charge in [0.15, 0.2) is 0 Å². The predicted octanol–water partition coefficient (Wildman–Crippen LogP) is 2.55. The van der Waals surface area contributed by atoms with E-state index in [9.17, 15) is 0 Å². The second-order valence-corrected chi connectivity index (χ2v) is 4.48. The summed E-state index contributed by atoms with van der Waals surface area (Å²) in [6.45, 7) is 4.57. The summed E-state index contributed by atoms with van der Waals surface area (Å²) in [6.07, 6.45) is 2.66. The highest BCUT2D eigenvalue weighted by Crippen LogP contribution is 2.33. The van der Waals surface area contributed by atoms with Crippen molar-refractivity contribution in [2.45, 2.75) is 37.9 Å². The summed E-state index contributed by atoms with van der Waals surface area (Å²) >= 11 is 6.07. The molecule has 0 saturated heterocycles. The van der Waals surface area contributed by atoms with Crippen LogP contribution in [0.2, 0.25) is 0 Å². The van der Waals surface area contributed by atoms with Crippen molar-refractivity contribution < 1.29 is 9.47 Å². The standard InChI is InChI=1S/C12H16ClNO2/c1-3-15-12-9(13)7-11(12)16-10-5-4-6-14-8(10)2/h4-6,9,11-12H,3,7H2,1-2H3. The van der Waals surface area contributed by atoms with Gasteiger partial charge >= 0.3 is 0 Å². The zero-order valence-corrected chi connectivity index (χ0v) is 10.3. The summed E-state index contributed by atoms with van der Waals surface area (Å²) < 4.78 is 11.4. The van der Waals surface area contributed by atoms with Crippen LogP contribution in [0, 0.1) is 6.92 Å². The summed E-state index contributed by atoms with van der Waals surface area (Å²) in [5.41, 5.74) is 0.899. The zero-order valence-electron chi connectivity index (χ0n) is 9.52. The molecular formula is C12H16ClNO2. The summed E-state index contributed by atoms with van der Waals surface area (Å²) in [6, 6.07) is 3.79. The van der Waals surface area contributed by atoms with E-state index in [2.05, 4.69) is 4.98 Å². The Labute approximate surface area is 101 Å². The van der Waals surface area contributed by atoms with Gasteiger partial charge in [-0.2, -0.15) is 0 Å². The molecule has 0 amide bonds. The topological polar surface area (TPSA) is 31.4 Å². The van der Waals surface area contributed by atoms with Crippen molar-refractivity contribution in [1.82, 2.24) is 4.98 Å². The smallest absolute Gasteiger partial charge is 0.141 e. The van der Waals surface area contributed by atoms with Gasteiger partial charge in [-0.15, -0.1) is 11.6 Å². The van der Waals surface area contributed by atoms with Gasteiger partial charge < -0.3 is 9.47 Å². The molecule has 3 nitrogen and oxygen atoms in total. The second-order valence-electron chi connectivity index (χ2n) is 3.91. The summed E-state index contributed by atoms with van der Waals surface area (Å²) in [4.78, 5) is 4.18. The van der Waals surface area contributed by atoms with Crippen molar-refractivity contribution in [1.29, 1.82) is 0 Å². The van der Waals surface area contributed by atoms with Crippen LogP contribution in [-0.2, 0) is 4.74 Å². The third-order valence-corrected chi connectivity index (χ3v) is 3.20. The van der Waals surface area contributed by atoms with Gasteiger partial charge in [-0.3, -0.25) is 4.98 Å². The molecule has 0 aromatic carbocycles. The molecule has 0 spiro atoms. The summed E-state index contributed by atoms with van der Waals surface area (Å²) in [5, 5.41) is 0.0712. The quantitative estimate of drug-likeness (QED) is 0.760. The number of ether oxygens (including phenoxy) is 2. The Hall–Kier alpha value is -0.800. The molecule has 3 atom stereocenters. The molecule has 1 heterocycles. The summed E-state index contributed by atoms with van der Waals surface area (Å²) in [5.74, 6) is 0.820. The Morgan fingerprint density at radius 3 is 3.00 bits per heavy atom. The van der Waals surface area contributed by atoms with Crippen molar-refractivity contribution in [3.05, 3.63) is 24.0 Å². The lowest BCUT2D eigenvalue weighted by molar-refractivity contribution is -0.0762. The first-order valence-electron chi connectivity index (χ1n) is 5.56. The van der Waals surface area contributed by atoms with Gasteiger partial charge in [0.05, 0.1) is 11.1 Å². The van der Waals surface area contributed by atoms with Crippen LogP contribution < -0.4 is 4.74 Å². The first-order valence-corrected chi connectivity index (χ1v) is 6.00. The van der Waals surface area contributed by atoms with Crippen LogP contribution in [-0.4, -0.2) is 29.2 Å². The number of halogens is 1. The Morgan fingerprint density at radius 1 is 1.56 bits per heavy atom. The highest BCUT2D eigenvalue weighted by Gasteiger charge is 2.42. The number of aryl methyl sites for hydroxylation is 1. The molecule has 0 radical (unpaired) electrons. The van der Waals surface area contributed by atoms with E-state index in [-0.39, 0.29) is 17.6 Å². The molecule has 2 rings (SSSR count). The average molecular weight is 242 g/mol. The minimum Gasteiger partial charge on any atom is -0.486 e. The first kappa shape index (κ1) is 11.7. The van der Waals surface area contributed by atoms with Gasteiger partial charge in [0.1, 0.15) is 18.0 Å². The maximum atomic E-state index is 6.07. The van der Waals surface area contributed by atoms with Crippen molar-refractivity contribution in [3.63, 3.8) is 0 Å². The van der Waals surface area contributed by atoms with Crippen LogP contribution in [0.1, 0.15) is 19.0 Å². The first-order chi connectivity index (χ1) is 7.72. The molecule has 1 aliphatic carbocycles. The zero-order chi connectivity index (χ0) is 11.5. The van der Waals surface area contributed by atoms with Crippen LogP contribution in [0.25, 0.3) is 0 Å². The van der Waals surface area contributed by atoms with Gasteiger partial charge in [-0.1, -0.05) is 0 Å². The fraction of sp³-hybridized carbons (Fsp3) is 0.583. The van der Waals surface area contributed by atoms with Crippen molar-refractivity contribution >= 4 is 11.6 Å². The molecule has 16 heavy (non-hydrogen) atoms. The number of nitrogens with zero attached hydrogens (tertiary/aromatic N) is 1. The fourth-order valence-electron chi connectivity index (χ4n) is 1.80. The molecule has 0 aliphatic heterocycles. The Kier molecular flexibility index (Phi) is 3.66. The number of aromatic nitrogens is 1. The van der Waals surface area contributed by atoms with Gasteiger partial charge in [0.25, 0.3) is 0 Å². The van der Waals surface area contributed by atoms with E-state index in [4.69, 9.17) is 21.1 Å². The number of pyridine rings is 1. The molecule has 0 bridgehead atoms. The number of rotatable bonds is 4. The largest absolute Gasteiger partial charge is 0.486 e. The molecule has 1 saturated carbocycles. The van der Waals surface area contributed by atoms with Gasteiger partial charge in [-0.05, 0) is 26.0 Å². The molecule has 88 valence electrons. The maximum Gasteiger partial charge on any atom is 0.141 e. The molecule has 1 fully saturated rings. The van der Waals surface area contributed by atoms with E-state index in [0.717, 1.165) is 17.9 Å². The van der Waals surface area contributed by atoms with Gasteiger partial charge in [-0.25, -0.2) is 0 Å². The van der Waals surface area contributed by atoms with Crippen LogP contribution in [0.3, 0.4) is 0 Å². The Bertz CT molecular complexity index is 359. The van der Waals surface area contributed by atoms with E-state index in [1.165, 1.54) is 0 Å². The highest BCUT2D eigenvalue weighted by molar-refractivity contribution is 6.21. The molecular weight excluding hydrogens is 226 g/mol. The van der Waals surface area contributed by atoms with Crippen molar-refractivity contribution in [2.24, 2.45) is 0 Å². The third kappa shape index (κ3) is 2.30. The van der Waals surface area contributed by atoms with E-state index in [0.29, 0.717) is 6.61 Å². The average Bonchev–Trinajstić information content (AvgIpc) is 2.28. The second kappa shape index (κ2) is 5.02. The monoisotopic (exact) mass is 241 g/mol. The van der Waals surface area contributed by atoms with Crippen molar-refractivity contribution in [2.75, 3.05) is 6.61 Å².